The molecule has 0 saturated heterocycles. The zero-order chi connectivity index (χ0) is 14.9. The predicted molar refractivity (Wildman–Crippen MR) is 66.6 cm³/mol. The molecule has 0 aromatic heterocycles. The summed E-state index contributed by atoms with van der Waals surface area (Å²) < 4.78 is 53.2. The topological polar surface area (TPSA) is 38.0 Å². The van der Waals surface area contributed by atoms with Gasteiger partial charge in [-0.15, -0.1) is 0 Å². The highest BCUT2D eigenvalue weighted by atomic mass is 19.2. The Morgan fingerprint density at radius 3 is 2.20 bits per heavy atom. The molecule has 0 aliphatic heterocycles. The first-order valence-electron chi connectivity index (χ1n) is 5.81. The van der Waals surface area contributed by atoms with Gasteiger partial charge in [-0.05, 0) is 30.2 Å². The number of hydrogen-bond acceptors (Lipinski definition) is 2. The molecule has 0 radical (unpaired) electrons. The standard InChI is InChI=1S/C14H12F4N2/c1-7-6-8(2-4-10(7)15)14(20-19)9-3-5-11(16)13(18)12(9)17/h2-6,14,20H,19H2,1H3. The van der Waals surface area contributed by atoms with Crippen LogP contribution in [0.2, 0.25) is 0 Å². The Hall–Kier alpha value is -1.92. The van der Waals surface area contributed by atoms with E-state index in [2.05, 4.69) is 5.43 Å². The molecule has 2 aromatic rings. The lowest BCUT2D eigenvalue weighted by atomic mass is 9.97. The van der Waals surface area contributed by atoms with Gasteiger partial charge in [0, 0.05) is 5.56 Å². The molecule has 0 aliphatic rings. The highest BCUT2D eigenvalue weighted by Gasteiger charge is 2.21. The van der Waals surface area contributed by atoms with E-state index in [1.54, 1.807) is 0 Å². The lowest BCUT2D eigenvalue weighted by Crippen LogP contribution is -2.30. The van der Waals surface area contributed by atoms with Crippen molar-refractivity contribution in [3.8, 4) is 0 Å². The lowest BCUT2D eigenvalue weighted by Gasteiger charge is -2.18. The van der Waals surface area contributed by atoms with Crippen LogP contribution in [0, 0.1) is 30.2 Å². The van der Waals surface area contributed by atoms with E-state index in [1.165, 1.54) is 25.1 Å². The molecule has 0 fully saturated rings. The second-order valence-electron chi connectivity index (χ2n) is 4.37. The van der Waals surface area contributed by atoms with Crippen molar-refractivity contribution < 1.29 is 17.6 Å². The van der Waals surface area contributed by atoms with Gasteiger partial charge >= 0.3 is 0 Å². The summed E-state index contributed by atoms with van der Waals surface area (Å²) in [5, 5.41) is 0. The second-order valence-corrected chi connectivity index (χ2v) is 4.37. The van der Waals surface area contributed by atoms with Gasteiger partial charge in [0.15, 0.2) is 17.5 Å². The van der Waals surface area contributed by atoms with E-state index in [0.717, 1.165) is 12.1 Å². The zero-order valence-electron chi connectivity index (χ0n) is 10.6. The smallest absolute Gasteiger partial charge is 0.194 e. The molecule has 0 heterocycles. The Balaban J connectivity index is 2.52. The first-order valence-corrected chi connectivity index (χ1v) is 5.81. The van der Waals surface area contributed by atoms with E-state index in [0.29, 0.717) is 11.1 Å². The van der Waals surface area contributed by atoms with Crippen LogP contribution in [0.4, 0.5) is 17.6 Å². The average molecular weight is 284 g/mol. The maximum atomic E-state index is 13.8. The van der Waals surface area contributed by atoms with Crippen LogP contribution in [-0.2, 0) is 0 Å². The minimum absolute atomic E-state index is 0.155. The zero-order valence-corrected chi connectivity index (χ0v) is 10.6. The Bertz CT molecular complexity index is 643. The van der Waals surface area contributed by atoms with Crippen LogP contribution in [0.25, 0.3) is 0 Å². The van der Waals surface area contributed by atoms with Crippen LogP contribution in [0.3, 0.4) is 0 Å². The molecule has 2 aromatic carbocycles. The maximum absolute atomic E-state index is 13.8. The van der Waals surface area contributed by atoms with Crippen molar-refractivity contribution in [1.82, 2.24) is 5.43 Å². The molecule has 1 atom stereocenters. The second kappa shape index (κ2) is 5.60. The summed E-state index contributed by atoms with van der Waals surface area (Å²) in [6.45, 7) is 1.54. The van der Waals surface area contributed by atoms with E-state index in [1.807, 2.05) is 0 Å². The number of benzene rings is 2. The largest absolute Gasteiger partial charge is 0.271 e. The summed E-state index contributed by atoms with van der Waals surface area (Å²) in [5.41, 5.74) is 2.94. The average Bonchev–Trinajstić information content (AvgIpc) is 2.43. The van der Waals surface area contributed by atoms with Gasteiger partial charge in [0.05, 0.1) is 6.04 Å². The van der Waals surface area contributed by atoms with Gasteiger partial charge in [-0.1, -0.05) is 18.2 Å². The van der Waals surface area contributed by atoms with Gasteiger partial charge in [0.1, 0.15) is 5.82 Å². The third kappa shape index (κ3) is 2.52. The summed E-state index contributed by atoms with van der Waals surface area (Å²) in [5.74, 6) is 0.762. The van der Waals surface area contributed by atoms with Crippen LogP contribution in [-0.4, -0.2) is 0 Å². The SMILES string of the molecule is Cc1cc(C(NN)c2ccc(F)c(F)c2F)ccc1F. The Kier molecular flexibility index (Phi) is 4.06. The molecule has 0 aliphatic carbocycles. The van der Waals surface area contributed by atoms with Gasteiger partial charge in [-0.25, -0.2) is 23.0 Å². The Morgan fingerprint density at radius 2 is 1.60 bits per heavy atom. The summed E-state index contributed by atoms with van der Waals surface area (Å²) in [6.07, 6.45) is 0. The summed E-state index contributed by atoms with van der Waals surface area (Å²) >= 11 is 0. The molecule has 0 bridgehead atoms. The fourth-order valence-electron chi connectivity index (χ4n) is 1.98. The molecule has 0 spiro atoms. The number of hydrazine groups is 1. The number of nitrogens with two attached hydrogens (primary N) is 1. The third-order valence-electron chi connectivity index (χ3n) is 3.06. The number of rotatable bonds is 3. The van der Waals surface area contributed by atoms with E-state index < -0.39 is 29.3 Å². The molecular weight excluding hydrogens is 272 g/mol. The molecule has 20 heavy (non-hydrogen) atoms. The summed E-state index contributed by atoms with van der Waals surface area (Å²) in [6, 6.07) is 5.05. The molecule has 3 N–H and O–H groups in total. The quantitative estimate of drug-likeness (QED) is 0.393. The van der Waals surface area contributed by atoms with Gasteiger partial charge in [0.25, 0.3) is 0 Å². The molecule has 6 heteroatoms. The Morgan fingerprint density at radius 1 is 0.950 bits per heavy atom. The van der Waals surface area contributed by atoms with E-state index in [4.69, 9.17) is 5.84 Å². The van der Waals surface area contributed by atoms with E-state index >= 15 is 0 Å². The van der Waals surface area contributed by atoms with Gasteiger partial charge in [-0.3, -0.25) is 5.84 Å². The van der Waals surface area contributed by atoms with Gasteiger partial charge < -0.3 is 0 Å². The van der Waals surface area contributed by atoms with Gasteiger partial charge in [0.2, 0.25) is 0 Å². The third-order valence-corrected chi connectivity index (χ3v) is 3.06. The number of aryl methyl sites for hydroxylation is 1. The minimum Gasteiger partial charge on any atom is -0.271 e. The molecule has 1 unspecified atom stereocenters. The Labute approximate surface area is 113 Å². The van der Waals surface area contributed by atoms with Gasteiger partial charge in [-0.2, -0.15) is 0 Å². The van der Waals surface area contributed by atoms with E-state index in [-0.39, 0.29) is 5.56 Å². The monoisotopic (exact) mass is 284 g/mol. The highest BCUT2D eigenvalue weighted by molar-refractivity contribution is 5.35. The molecule has 2 nitrogen and oxygen atoms in total. The van der Waals surface area contributed by atoms with Crippen LogP contribution >= 0.6 is 0 Å². The highest BCUT2D eigenvalue weighted by Crippen LogP contribution is 2.27. The maximum Gasteiger partial charge on any atom is 0.194 e. The molecule has 0 saturated carbocycles. The van der Waals surface area contributed by atoms with Crippen LogP contribution in [0.15, 0.2) is 30.3 Å². The first kappa shape index (κ1) is 14.5. The van der Waals surface area contributed by atoms with Crippen molar-refractivity contribution in [2.75, 3.05) is 0 Å². The van der Waals surface area contributed by atoms with Crippen molar-refractivity contribution >= 4 is 0 Å². The summed E-state index contributed by atoms with van der Waals surface area (Å²) in [4.78, 5) is 0. The molecular formula is C14H12F4N2. The molecule has 106 valence electrons. The fourth-order valence-corrected chi connectivity index (χ4v) is 1.98. The normalized spacial score (nSPS) is 12.5. The summed E-state index contributed by atoms with van der Waals surface area (Å²) in [7, 11) is 0. The van der Waals surface area contributed by atoms with Crippen molar-refractivity contribution in [2.45, 2.75) is 13.0 Å². The van der Waals surface area contributed by atoms with Crippen LogP contribution in [0.5, 0.6) is 0 Å². The van der Waals surface area contributed by atoms with Crippen molar-refractivity contribution in [1.29, 1.82) is 0 Å². The van der Waals surface area contributed by atoms with Crippen molar-refractivity contribution in [3.05, 3.63) is 70.3 Å². The van der Waals surface area contributed by atoms with E-state index in [9.17, 15) is 17.6 Å². The fraction of sp³-hybridized carbons (Fsp3) is 0.143. The van der Waals surface area contributed by atoms with Crippen LogP contribution in [0.1, 0.15) is 22.7 Å². The number of halogens is 4. The van der Waals surface area contributed by atoms with Crippen molar-refractivity contribution in [3.63, 3.8) is 0 Å². The minimum atomic E-state index is -1.57. The number of hydrogen-bond donors (Lipinski definition) is 2. The predicted octanol–water partition coefficient (Wildman–Crippen LogP) is 3.10. The first-order chi connectivity index (χ1) is 9.45. The van der Waals surface area contributed by atoms with Crippen molar-refractivity contribution in [2.24, 2.45) is 5.84 Å². The molecule has 0 amide bonds. The molecule has 2 rings (SSSR count). The number of nitrogens with one attached hydrogen (secondary N) is 1. The lowest BCUT2D eigenvalue weighted by molar-refractivity contribution is 0.433. The van der Waals surface area contributed by atoms with Crippen LogP contribution < -0.4 is 11.3 Å².